The normalized spacial score (nSPS) is 16.1. The molecule has 1 fully saturated rings. The van der Waals surface area contributed by atoms with Crippen molar-refractivity contribution in [1.29, 1.82) is 0 Å². The third kappa shape index (κ3) is 6.09. The Labute approximate surface area is 172 Å². The van der Waals surface area contributed by atoms with E-state index in [1.54, 1.807) is 19.2 Å². The number of guanidine groups is 1. The van der Waals surface area contributed by atoms with Crippen LogP contribution in [0.3, 0.4) is 0 Å². The van der Waals surface area contributed by atoms with E-state index in [1.807, 2.05) is 24.3 Å². The molecule has 0 radical (unpaired) electrons. The molecular formula is C22H31N5O2. The van der Waals surface area contributed by atoms with Gasteiger partial charge in [0.25, 0.3) is 5.91 Å². The van der Waals surface area contributed by atoms with Gasteiger partial charge in [-0.1, -0.05) is 12.1 Å². The van der Waals surface area contributed by atoms with Crippen LogP contribution in [0.4, 0.5) is 5.69 Å². The van der Waals surface area contributed by atoms with Gasteiger partial charge in [-0.2, -0.15) is 0 Å². The Balaban J connectivity index is 1.44. The fourth-order valence-corrected chi connectivity index (χ4v) is 3.44. The van der Waals surface area contributed by atoms with E-state index in [-0.39, 0.29) is 5.91 Å². The maximum absolute atomic E-state index is 12.0. The largest absolute Gasteiger partial charge is 0.459 e. The monoisotopic (exact) mass is 397 g/mol. The summed E-state index contributed by atoms with van der Waals surface area (Å²) in [6, 6.07) is 12.1. The summed E-state index contributed by atoms with van der Waals surface area (Å²) in [4.78, 5) is 18.9. The standard InChI is InChI=1S/C22H31N5O2/c1-16(2)27-12-10-19(11-13-27)26-22(23-3)24-15-17-6-8-18(9-7-17)25-21(28)20-5-4-14-29-20/h4-9,14,16,19H,10-13,15H2,1-3H3,(H,25,28)(H2,23,24,26). The second-order valence-electron chi connectivity index (χ2n) is 7.60. The molecule has 3 N–H and O–H groups in total. The molecule has 7 heteroatoms. The van der Waals surface area contributed by atoms with Gasteiger partial charge in [-0.15, -0.1) is 0 Å². The van der Waals surface area contributed by atoms with Crippen molar-refractivity contribution in [3.63, 3.8) is 0 Å². The number of nitrogens with zero attached hydrogens (tertiary/aromatic N) is 2. The highest BCUT2D eigenvalue weighted by molar-refractivity contribution is 6.02. The molecule has 156 valence electrons. The number of benzene rings is 1. The summed E-state index contributed by atoms with van der Waals surface area (Å²) in [6.07, 6.45) is 3.74. The molecular weight excluding hydrogens is 366 g/mol. The van der Waals surface area contributed by atoms with E-state index in [4.69, 9.17) is 4.42 Å². The fraction of sp³-hybridized carbons (Fsp3) is 0.455. The van der Waals surface area contributed by atoms with Crippen LogP contribution in [0.5, 0.6) is 0 Å². The predicted octanol–water partition coefficient (Wildman–Crippen LogP) is 3.07. The first-order valence-corrected chi connectivity index (χ1v) is 10.2. The van der Waals surface area contributed by atoms with Crippen molar-refractivity contribution in [2.75, 3.05) is 25.5 Å². The number of anilines is 1. The van der Waals surface area contributed by atoms with Crippen molar-refractivity contribution >= 4 is 17.6 Å². The Morgan fingerprint density at radius 1 is 1.21 bits per heavy atom. The highest BCUT2D eigenvalue weighted by Gasteiger charge is 2.21. The summed E-state index contributed by atoms with van der Waals surface area (Å²) in [6.45, 7) is 7.41. The van der Waals surface area contributed by atoms with Crippen molar-refractivity contribution in [1.82, 2.24) is 15.5 Å². The fourth-order valence-electron chi connectivity index (χ4n) is 3.44. The van der Waals surface area contributed by atoms with Crippen LogP contribution in [-0.4, -0.2) is 49.0 Å². The maximum Gasteiger partial charge on any atom is 0.291 e. The lowest BCUT2D eigenvalue weighted by Gasteiger charge is -2.35. The molecule has 1 amide bonds. The van der Waals surface area contributed by atoms with E-state index in [0.717, 1.165) is 43.1 Å². The minimum Gasteiger partial charge on any atom is -0.459 e. The highest BCUT2D eigenvalue weighted by atomic mass is 16.3. The van der Waals surface area contributed by atoms with Crippen LogP contribution in [0.25, 0.3) is 0 Å². The second-order valence-corrected chi connectivity index (χ2v) is 7.60. The molecule has 7 nitrogen and oxygen atoms in total. The molecule has 1 saturated heterocycles. The summed E-state index contributed by atoms with van der Waals surface area (Å²) in [5.41, 5.74) is 1.84. The lowest BCUT2D eigenvalue weighted by molar-refractivity contribution is 0.0996. The molecule has 1 aliphatic heterocycles. The zero-order valence-electron chi connectivity index (χ0n) is 17.4. The molecule has 2 aromatic rings. The van der Waals surface area contributed by atoms with Crippen molar-refractivity contribution < 1.29 is 9.21 Å². The third-order valence-electron chi connectivity index (χ3n) is 5.24. The van der Waals surface area contributed by atoms with Crippen LogP contribution in [0.1, 0.15) is 42.8 Å². The molecule has 0 atom stereocenters. The number of likely N-dealkylation sites (tertiary alicyclic amines) is 1. The van der Waals surface area contributed by atoms with Crippen molar-refractivity contribution in [3.8, 4) is 0 Å². The minimum absolute atomic E-state index is 0.256. The summed E-state index contributed by atoms with van der Waals surface area (Å²) in [7, 11) is 1.80. The Hall–Kier alpha value is -2.80. The molecule has 0 spiro atoms. The second kappa shape index (κ2) is 10.1. The van der Waals surface area contributed by atoms with Gasteiger partial charge in [0.1, 0.15) is 0 Å². The van der Waals surface area contributed by atoms with Gasteiger partial charge in [0.05, 0.1) is 6.26 Å². The first-order valence-electron chi connectivity index (χ1n) is 10.2. The molecule has 1 aliphatic rings. The number of carbonyl (C=O) groups excluding carboxylic acids is 1. The van der Waals surface area contributed by atoms with Crippen molar-refractivity contribution in [2.45, 2.75) is 45.3 Å². The zero-order chi connectivity index (χ0) is 20.6. The zero-order valence-corrected chi connectivity index (χ0v) is 17.4. The average molecular weight is 398 g/mol. The third-order valence-corrected chi connectivity index (χ3v) is 5.24. The number of amides is 1. The number of rotatable bonds is 6. The summed E-state index contributed by atoms with van der Waals surface area (Å²) >= 11 is 0. The van der Waals surface area contributed by atoms with Gasteiger partial charge in [0.2, 0.25) is 0 Å². The quantitative estimate of drug-likeness (QED) is 0.516. The lowest BCUT2D eigenvalue weighted by Crippen LogP contribution is -2.49. The van der Waals surface area contributed by atoms with E-state index < -0.39 is 0 Å². The van der Waals surface area contributed by atoms with Gasteiger partial charge in [-0.3, -0.25) is 9.79 Å². The van der Waals surface area contributed by atoms with E-state index in [2.05, 4.69) is 39.7 Å². The maximum atomic E-state index is 12.0. The number of aliphatic imine (C=N–C) groups is 1. The molecule has 0 bridgehead atoms. The predicted molar refractivity (Wildman–Crippen MR) is 116 cm³/mol. The number of nitrogens with one attached hydrogen (secondary N) is 3. The van der Waals surface area contributed by atoms with Gasteiger partial charge >= 0.3 is 0 Å². The molecule has 1 aromatic heterocycles. The van der Waals surface area contributed by atoms with Crippen LogP contribution in [-0.2, 0) is 6.54 Å². The minimum atomic E-state index is -0.256. The number of carbonyl (C=O) groups is 1. The van der Waals surface area contributed by atoms with Crippen LogP contribution in [0.15, 0.2) is 52.1 Å². The number of piperidine rings is 1. The topological polar surface area (TPSA) is 81.9 Å². The summed E-state index contributed by atoms with van der Waals surface area (Å²) in [5.74, 6) is 0.863. The number of hydrogen-bond acceptors (Lipinski definition) is 4. The Kier molecular flexibility index (Phi) is 7.30. The molecule has 2 heterocycles. The number of furan rings is 1. The van der Waals surface area contributed by atoms with Crippen LogP contribution in [0.2, 0.25) is 0 Å². The van der Waals surface area contributed by atoms with Crippen LogP contribution >= 0.6 is 0 Å². The van der Waals surface area contributed by atoms with Gasteiger partial charge in [0, 0.05) is 44.5 Å². The van der Waals surface area contributed by atoms with Crippen molar-refractivity contribution in [3.05, 3.63) is 54.0 Å². The first kappa shape index (κ1) is 20.9. The number of hydrogen-bond donors (Lipinski definition) is 3. The molecule has 0 aliphatic carbocycles. The SMILES string of the molecule is CN=C(NCc1ccc(NC(=O)c2ccco2)cc1)NC1CCN(C(C)C)CC1. The average Bonchev–Trinajstić information content (AvgIpc) is 3.27. The van der Waals surface area contributed by atoms with E-state index in [9.17, 15) is 4.79 Å². The molecule has 29 heavy (non-hydrogen) atoms. The van der Waals surface area contributed by atoms with Gasteiger partial charge in [0.15, 0.2) is 11.7 Å². The molecule has 0 unspecified atom stereocenters. The molecule has 3 rings (SSSR count). The van der Waals surface area contributed by atoms with E-state index >= 15 is 0 Å². The van der Waals surface area contributed by atoms with Crippen LogP contribution in [0, 0.1) is 0 Å². The Morgan fingerprint density at radius 3 is 2.52 bits per heavy atom. The smallest absolute Gasteiger partial charge is 0.291 e. The van der Waals surface area contributed by atoms with Gasteiger partial charge < -0.3 is 25.3 Å². The van der Waals surface area contributed by atoms with Crippen molar-refractivity contribution in [2.24, 2.45) is 4.99 Å². The highest BCUT2D eigenvalue weighted by Crippen LogP contribution is 2.14. The van der Waals surface area contributed by atoms with E-state index in [1.165, 1.54) is 6.26 Å². The Bertz CT molecular complexity index is 791. The molecule has 1 aromatic carbocycles. The molecule has 0 saturated carbocycles. The van der Waals surface area contributed by atoms with E-state index in [0.29, 0.717) is 24.4 Å². The van der Waals surface area contributed by atoms with Gasteiger partial charge in [-0.25, -0.2) is 0 Å². The van der Waals surface area contributed by atoms with Crippen LogP contribution < -0.4 is 16.0 Å². The lowest BCUT2D eigenvalue weighted by atomic mass is 10.0. The summed E-state index contributed by atoms with van der Waals surface area (Å²) in [5, 5.41) is 9.73. The van der Waals surface area contributed by atoms with Gasteiger partial charge in [-0.05, 0) is 56.5 Å². The Morgan fingerprint density at radius 2 is 1.93 bits per heavy atom. The summed E-state index contributed by atoms with van der Waals surface area (Å²) < 4.78 is 5.10. The first-order chi connectivity index (χ1) is 14.0.